The Morgan fingerprint density at radius 1 is 1.32 bits per heavy atom. The minimum Gasteiger partial charge on any atom is -0.370 e. The lowest BCUT2D eigenvalue weighted by molar-refractivity contribution is 0.171. The second kappa shape index (κ2) is 6.78. The van der Waals surface area contributed by atoms with E-state index in [0.29, 0.717) is 0 Å². The van der Waals surface area contributed by atoms with Crippen molar-refractivity contribution in [2.45, 2.75) is 50.6 Å². The Labute approximate surface area is 121 Å². The second-order valence-electron chi connectivity index (χ2n) is 6.33. The van der Waals surface area contributed by atoms with E-state index in [0.717, 1.165) is 25.0 Å². The van der Waals surface area contributed by atoms with Gasteiger partial charge in [0.25, 0.3) is 0 Å². The average molecular weight is 279 g/mol. The summed E-state index contributed by atoms with van der Waals surface area (Å²) in [5.41, 5.74) is 1.50. The fourth-order valence-electron chi connectivity index (χ4n) is 1.72. The van der Waals surface area contributed by atoms with Crippen LogP contribution in [-0.2, 0) is 11.3 Å². The highest BCUT2D eigenvalue weighted by atomic mass is 32.2. The first-order valence-corrected chi connectivity index (χ1v) is 8.06. The minimum absolute atomic E-state index is 0.163. The Balaban J connectivity index is 1.73. The van der Waals surface area contributed by atoms with E-state index in [9.17, 15) is 0 Å². The van der Waals surface area contributed by atoms with Crippen molar-refractivity contribution in [3.05, 3.63) is 29.8 Å². The maximum absolute atomic E-state index is 5.66. The summed E-state index contributed by atoms with van der Waals surface area (Å²) in [4.78, 5) is 1.30. The molecule has 1 N–H and O–H groups in total. The summed E-state index contributed by atoms with van der Waals surface area (Å²) in [5.74, 6) is 1.62. The average Bonchev–Trinajstić information content (AvgIpc) is 3.16. The molecular formula is C16H25NOS. The Bertz CT molecular complexity index is 396. The first-order chi connectivity index (χ1) is 9.03. The molecule has 1 fully saturated rings. The lowest BCUT2D eigenvalue weighted by atomic mass is 10.1. The molecule has 0 aliphatic heterocycles. The van der Waals surface area contributed by atoms with Gasteiger partial charge in [-0.1, -0.05) is 23.9 Å². The van der Waals surface area contributed by atoms with Gasteiger partial charge in [-0.25, -0.2) is 0 Å². The van der Waals surface area contributed by atoms with E-state index in [4.69, 9.17) is 4.74 Å². The summed E-state index contributed by atoms with van der Waals surface area (Å²) in [6.07, 6.45) is 2.72. The zero-order valence-corrected chi connectivity index (χ0v) is 13.1. The van der Waals surface area contributed by atoms with Gasteiger partial charge in [-0.3, -0.25) is 0 Å². The van der Waals surface area contributed by atoms with Gasteiger partial charge < -0.3 is 10.1 Å². The minimum atomic E-state index is 0.163. The van der Waals surface area contributed by atoms with Crippen molar-refractivity contribution in [2.75, 3.05) is 12.5 Å². The molecule has 2 rings (SSSR count). The molecule has 3 heteroatoms. The molecule has 0 heterocycles. The molecule has 19 heavy (non-hydrogen) atoms. The Morgan fingerprint density at radius 2 is 2.11 bits per heavy atom. The van der Waals surface area contributed by atoms with Crippen molar-refractivity contribution in [3.8, 4) is 0 Å². The van der Waals surface area contributed by atoms with E-state index in [1.807, 2.05) is 0 Å². The summed E-state index contributed by atoms with van der Waals surface area (Å²) in [6.45, 7) is 8.44. The van der Waals surface area contributed by atoms with Crippen LogP contribution >= 0.6 is 11.8 Å². The molecule has 0 atom stereocenters. The Hall–Kier alpha value is -0.510. The number of thioether (sulfide) groups is 1. The van der Waals surface area contributed by atoms with Crippen molar-refractivity contribution in [1.29, 1.82) is 0 Å². The van der Waals surface area contributed by atoms with Crippen LogP contribution in [-0.4, -0.2) is 18.1 Å². The molecular weight excluding hydrogens is 254 g/mol. The number of hydrogen-bond donors (Lipinski definition) is 1. The third-order valence-corrected chi connectivity index (χ3v) is 3.95. The summed E-state index contributed by atoms with van der Waals surface area (Å²) >= 11 is 1.79. The fraction of sp³-hybridized carbons (Fsp3) is 0.625. The van der Waals surface area contributed by atoms with Gasteiger partial charge in [-0.2, -0.15) is 0 Å². The molecule has 106 valence electrons. The van der Waals surface area contributed by atoms with E-state index in [1.165, 1.54) is 23.3 Å². The highest BCUT2D eigenvalue weighted by Gasteiger charge is 2.20. The lowest BCUT2D eigenvalue weighted by Crippen LogP contribution is -2.35. The van der Waals surface area contributed by atoms with Crippen LogP contribution in [0.25, 0.3) is 0 Å². The van der Waals surface area contributed by atoms with Gasteiger partial charge in [0.05, 0.1) is 12.5 Å². The van der Waals surface area contributed by atoms with E-state index < -0.39 is 0 Å². The molecule has 2 nitrogen and oxygen atoms in total. The van der Waals surface area contributed by atoms with Crippen LogP contribution in [0.3, 0.4) is 0 Å². The number of nitrogens with one attached hydrogen (secondary N) is 1. The smallest absolute Gasteiger partial charge is 0.0967 e. The largest absolute Gasteiger partial charge is 0.370 e. The number of benzene rings is 1. The fourth-order valence-corrected chi connectivity index (χ4v) is 2.45. The third kappa shape index (κ3) is 6.46. The van der Waals surface area contributed by atoms with Crippen LogP contribution in [0.5, 0.6) is 0 Å². The van der Waals surface area contributed by atoms with Crippen molar-refractivity contribution < 1.29 is 4.74 Å². The molecule has 0 radical (unpaired) electrons. The topological polar surface area (TPSA) is 21.3 Å². The van der Waals surface area contributed by atoms with Crippen LogP contribution in [0, 0.1) is 5.92 Å². The van der Waals surface area contributed by atoms with E-state index in [2.05, 4.69) is 50.4 Å². The standard InChI is InChI=1S/C16H25NOS/c1-16(2,3)17-10-14-5-4-6-15(9-14)19-12-18-11-13-7-8-13/h4-6,9,13,17H,7-8,10-12H2,1-3H3. The van der Waals surface area contributed by atoms with Crippen molar-refractivity contribution >= 4 is 11.8 Å². The zero-order valence-electron chi connectivity index (χ0n) is 12.2. The normalized spacial score (nSPS) is 15.7. The van der Waals surface area contributed by atoms with Gasteiger partial charge in [0.15, 0.2) is 0 Å². The van der Waals surface area contributed by atoms with E-state index in [-0.39, 0.29) is 5.54 Å². The molecule has 0 unspecified atom stereocenters. The van der Waals surface area contributed by atoms with Crippen molar-refractivity contribution in [3.63, 3.8) is 0 Å². The highest BCUT2D eigenvalue weighted by molar-refractivity contribution is 7.99. The van der Waals surface area contributed by atoms with Crippen molar-refractivity contribution in [1.82, 2.24) is 5.32 Å². The first-order valence-electron chi connectivity index (χ1n) is 7.07. The van der Waals surface area contributed by atoms with Crippen LogP contribution in [0.2, 0.25) is 0 Å². The highest BCUT2D eigenvalue weighted by Crippen LogP contribution is 2.29. The zero-order chi connectivity index (χ0) is 13.7. The molecule has 1 aliphatic rings. The molecule has 1 aliphatic carbocycles. The number of rotatable bonds is 7. The molecule has 0 amide bonds. The summed E-state index contributed by atoms with van der Waals surface area (Å²) in [5, 5.41) is 3.52. The van der Waals surface area contributed by atoms with Gasteiger partial charge in [-0.15, -0.1) is 0 Å². The Kier molecular flexibility index (Phi) is 5.31. The van der Waals surface area contributed by atoms with Gasteiger partial charge in [0.2, 0.25) is 0 Å². The molecule has 1 aromatic carbocycles. The van der Waals surface area contributed by atoms with Crippen LogP contribution in [0.4, 0.5) is 0 Å². The molecule has 0 saturated heterocycles. The summed E-state index contributed by atoms with van der Waals surface area (Å²) < 4.78 is 5.66. The molecule has 1 saturated carbocycles. The summed E-state index contributed by atoms with van der Waals surface area (Å²) in [6, 6.07) is 8.71. The third-order valence-electron chi connectivity index (χ3n) is 3.08. The molecule has 0 spiro atoms. The SMILES string of the molecule is CC(C)(C)NCc1cccc(SCOCC2CC2)c1. The molecule has 0 aromatic heterocycles. The van der Waals surface area contributed by atoms with Gasteiger partial charge in [0, 0.05) is 17.0 Å². The maximum Gasteiger partial charge on any atom is 0.0967 e. The van der Waals surface area contributed by atoms with Crippen LogP contribution in [0.15, 0.2) is 29.2 Å². The Morgan fingerprint density at radius 3 is 2.79 bits per heavy atom. The quantitative estimate of drug-likeness (QED) is 0.462. The predicted molar refractivity (Wildman–Crippen MR) is 82.4 cm³/mol. The second-order valence-corrected chi connectivity index (χ2v) is 7.32. The monoisotopic (exact) mass is 279 g/mol. The molecule has 1 aromatic rings. The molecule has 0 bridgehead atoms. The lowest BCUT2D eigenvalue weighted by Gasteiger charge is -2.20. The summed E-state index contributed by atoms with van der Waals surface area (Å²) in [7, 11) is 0. The predicted octanol–water partition coefficient (Wildman–Crippen LogP) is 4.05. The van der Waals surface area contributed by atoms with Gasteiger partial charge >= 0.3 is 0 Å². The maximum atomic E-state index is 5.66. The van der Waals surface area contributed by atoms with Crippen LogP contribution < -0.4 is 5.32 Å². The number of ether oxygens (including phenoxy) is 1. The van der Waals surface area contributed by atoms with Crippen molar-refractivity contribution in [2.24, 2.45) is 5.92 Å². The first kappa shape index (κ1) is 14.9. The van der Waals surface area contributed by atoms with Crippen LogP contribution in [0.1, 0.15) is 39.2 Å². The van der Waals surface area contributed by atoms with E-state index in [1.54, 1.807) is 11.8 Å². The van der Waals surface area contributed by atoms with Gasteiger partial charge in [-0.05, 0) is 57.2 Å². The number of hydrogen-bond acceptors (Lipinski definition) is 3. The van der Waals surface area contributed by atoms with E-state index >= 15 is 0 Å². The van der Waals surface area contributed by atoms with Gasteiger partial charge in [0.1, 0.15) is 0 Å².